The minimum absolute atomic E-state index is 0.0479. The van der Waals surface area contributed by atoms with Crippen LogP contribution in [0, 0.1) is 10.6 Å². The molecular weight excluding hydrogens is 289 g/mol. The highest BCUT2D eigenvalue weighted by atomic mass is 35.5. The maximum absolute atomic E-state index is 13.4. The number of hydrogen-bond acceptors (Lipinski definition) is 2. The van der Waals surface area contributed by atoms with Gasteiger partial charge in [0.2, 0.25) is 5.91 Å². The molecule has 1 amide bonds. The molecule has 19 heavy (non-hydrogen) atoms. The molecule has 0 bridgehead atoms. The highest BCUT2D eigenvalue weighted by Gasteiger charge is 2.22. The predicted octanol–water partition coefficient (Wildman–Crippen LogP) is 2.94. The highest BCUT2D eigenvalue weighted by Crippen LogP contribution is 2.27. The molecule has 4 nitrogen and oxygen atoms in total. The number of nitrogens with zero attached hydrogens (tertiary/aromatic N) is 1. The van der Waals surface area contributed by atoms with Gasteiger partial charge in [0.1, 0.15) is 5.82 Å². The van der Waals surface area contributed by atoms with Crippen LogP contribution in [0.4, 0.5) is 4.39 Å². The van der Waals surface area contributed by atoms with Crippen molar-refractivity contribution in [3.8, 4) is 0 Å². The average Bonchev–Trinajstić information content (AvgIpc) is 2.67. The summed E-state index contributed by atoms with van der Waals surface area (Å²) >= 11 is 11.1. The number of piperidine rings is 1. The molecule has 2 N–H and O–H groups in total. The molecule has 0 saturated carbocycles. The number of aromatic amines is 1. The third kappa shape index (κ3) is 2.15. The fourth-order valence-electron chi connectivity index (χ4n) is 2.42. The second-order valence-corrected chi connectivity index (χ2v) is 5.37. The van der Waals surface area contributed by atoms with Gasteiger partial charge >= 0.3 is 0 Å². The Hall–Kier alpha value is -1.40. The number of H-pyrrole nitrogens is 1. The molecule has 1 saturated heterocycles. The van der Waals surface area contributed by atoms with Crippen molar-refractivity contribution in [2.24, 2.45) is 0 Å². The first-order valence-corrected chi connectivity index (χ1v) is 6.71. The molecule has 1 fully saturated rings. The largest absolute Gasteiger partial charge is 0.354 e. The zero-order chi connectivity index (χ0) is 13.6. The van der Waals surface area contributed by atoms with E-state index in [1.807, 2.05) is 4.57 Å². The predicted molar refractivity (Wildman–Crippen MR) is 73.4 cm³/mol. The number of aromatic nitrogens is 2. The number of hydrogen-bond donors (Lipinski definition) is 2. The number of fused-ring (bicyclic) bond motifs is 1. The topological polar surface area (TPSA) is 49.8 Å². The smallest absolute Gasteiger partial charge is 0.220 e. The van der Waals surface area contributed by atoms with Crippen molar-refractivity contribution in [2.75, 3.05) is 6.54 Å². The molecule has 100 valence electrons. The Morgan fingerprint density at radius 1 is 1.47 bits per heavy atom. The highest BCUT2D eigenvalue weighted by molar-refractivity contribution is 7.71. The molecule has 1 aliphatic rings. The standard InChI is InChI=1S/C12H11ClFN3OS/c13-7-3-10-9(4-8(7)14)16-12(19)17(10)6-1-2-11(18)15-5-6/h3-4,6H,1-2,5H2,(H,15,18)(H,16,19). The molecule has 1 aromatic heterocycles. The fraction of sp³-hybridized carbons (Fsp3) is 0.333. The van der Waals surface area contributed by atoms with Crippen LogP contribution >= 0.6 is 23.8 Å². The lowest BCUT2D eigenvalue weighted by Gasteiger charge is -2.24. The Bertz CT molecular complexity index is 714. The van der Waals surface area contributed by atoms with Gasteiger partial charge < -0.3 is 14.9 Å². The minimum atomic E-state index is -0.477. The van der Waals surface area contributed by atoms with Gasteiger partial charge in [-0.1, -0.05) is 11.6 Å². The van der Waals surface area contributed by atoms with E-state index in [9.17, 15) is 9.18 Å². The van der Waals surface area contributed by atoms with Gasteiger partial charge in [-0.3, -0.25) is 4.79 Å². The summed E-state index contributed by atoms with van der Waals surface area (Å²) in [4.78, 5) is 14.2. The Kier molecular flexibility index (Phi) is 3.06. The van der Waals surface area contributed by atoms with E-state index in [4.69, 9.17) is 23.8 Å². The van der Waals surface area contributed by atoms with Gasteiger partial charge in [0.25, 0.3) is 0 Å². The molecule has 7 heteroatoms. The van der Waals surface area contributed by atoms with Crippen LogP contribution in [0.2, 0.25) is 5.02 Å². The molecule has 0 aliphatic carbocycles. The van der Waals surface area contributed by atoms with Crippen LogP contribution in [0.25, 0.3) is 11.0 Å². The van der Waals surface area contributed by atoms with Gasteiger partial charge in [-0.15, -0.1) is 0 Å². The Labute approximate surface area is 118 Å². The normalized spacial score (nSPS) is 19.7. The number of nitrogens with one attached hydrogen (secondary N) is 2. The van der Waals surface area contributed by atoms with Crippen molar-refractivity contribution < 1.29 is 9.18 Å². The zero-order valence-electron chi connectivity index (χ0n) is 9.87. The average molecular weight is 300 g/mol. The van der Waals surface area contributed by atoms with Crippen LogP contribution in [0.3, 0.4) is 0 Å². The Morgan fingerprint density at radius 3 is 2.95 bits per heavy atom. The second kappa shape index (κ2) is 4.61. The van der Waals surface area contributed by atoms with Gasteiger partial charge in [-0.05, 0) is 24.7 Å². The number of amides is 1. The first kappa shape index (κ1) is 12.6. The lowest BCUT2D eigenvalue weighted by molar-refractivity contribution is -0.122. The van der Waals surface area contributed by atoms with Crippen molar-refractivity contribution in [3.05, 3.63) is 27.7 Å². The maximum atomic E-state index is 13.4. The van der Waals surface area contributed by atoms with E-state index in [1.54, 1.807) is 6.07 Å². The van der Waals surface area contributed by atoms with Gasteiger partial charge in [-0.2, -0.15) is 0 Å². The molecule has 1 aromatic carbocycles. The zero-order valence-corrected chi connectivity index (χ0v) is 11.4. The van der Waals surface area contributed by atoms with Gasteiger partial charge in [0, 0.05) is 19.0 Å². The third-order valence-corrected chi connectivity index (χ3v) is 3.95. The van der Waals surface area contributed by atoms with E-state index in [-0.39, 0.29) is 17.0 Å². The van der Waals surface area contributed by atoms with Crippen LogP contribution < -0.4 is 5.32 Å². The summed E-state index contributed by atoms with van der Waals surface area (Å²) in [5, 5.41) is 2.88. The molecule has 0 spiro atoms. The lowest BCUT2D eigenvalue weighted by Crippen LogP contribution is -2.36. The number of carbonyl (C=O) groups excluding carboxylic acids is 1. The van der Waals surface area contributed by atoms with Crippen LogP contribution in [-0.2, 0) is 4.79 Å². The molecule has 3 rings (SSSR count). The molecule has 0 radical (unpaired) electrons. The van der Waals surface area contributed by atoms with Gasteiger partial charge in [-0.25, -0.2) is 4.39 Å². The van der Waals surface area contributed by atoms with Gasteiger partial charge in [0.15, 0.2) is 4.77 Å². The lowest BCUT2D eigenvalue weighted by atomic mass is 10.1. The van der Waals surface area contributed by atoms with E-state index in [0.29, 0.717) is 29.7 Å². The second-order valence-electron chi connectivity index (χ2n) is 4.58. The monoisotopic (exact) mass is 299 g/mol. The quantitative estimate of drug-likeness (QED) is 0.796. The first-order valence-electron chi connectivity index (χ1n) is 5.92. The van der Waals surface area contributed by atoms with Crippen molar-refractivity contribution in [2.45, 2.75) is 18.9 Å². The summed E-state index contributed by atoms with van der Waals surface area (Å²) in [6.07, 6.45) is 1.18. The summed E-state index contributed by atoms with van der Waals surface area (Å²) in [5.41, 5.74) is 1.38. The van der Waals surface area contributed by atoms with Crippen molar-refractivity contribution in [3.63, 3.8) is 0 Å². The van der Waals surface area contributed by atoms with Crippen molar-refractivity contribution in [1.29, 1.82) is 0 Å². The molecular formula is C12H11ClFN3OS. The molecule has 2 heterocycles. The van der Waals surface area contributed by atoms with E-state index in [2.05, 4.69) is 10.3 Å². The fourth-order valence-corrected chi connectivity index (χ4v) is 2.94. The van der Waals surface area contributed by atoms with Crippen LogP contribution in [0.15, 0.2) is 12.1 Å². The minimum Gasteiger partial charge on any atom is -0.354 e. The summed E-state index contributed by atoms with van der Waals surface area (Å²) in [7, 11) is 0. The van der Waals surface area contributed by atoms with Crippen molar-refractivity contribution >= 4 is 40.8 Å². The number of rotatable bonds is 1. The van der Waals surface area contributed by atoms with Crippen molar-refractivity contribution in [1.82, 2.24) is 14.9 Å². The maximum Gasteiger partial charge on any atom is 0.220 e. The third-order valence-electron chi connectivity index (χ3n) is 3.36. The van der Waals surface area contributed by atoms with Crippen LogP contribution in [0.5, 0.6) is 0 Å². The number of carbonyl (C=O) groups is 1. The summed E-state index contributed by atoms with van der Waals surface area (Å²) in [6, 6.07) is 2.97. The van der Waals surface area contributed by atoms with Crippen LogP contribution in [-0.4, -0.2) is 22.0 Å². The summed E-state index contributed by atoms with van der Waals surface area (Å²) < 4.78 is 15.8. The van der Waals surface area contributed by atoms with E-state index >= 15 is 0 Å². The van der Waals surface area contributed by atoms with Gasteiger partial charge in [0.05, 0.1) is 22.1 Å². The van der Waals surface area contributed by atoms with E-state index in [1.165, 1.54) is 6.07 Å². The molecule has 1 aliphatic heterocycles. The summed E-state index contributed by atoms with van der Waals surface area (Å²) in [6.45, 7) is 0.523. The van der Waals surface area contributed by atoms with Crippen LogP contribution in [0.1, 0.15) is 18.9 Å². The Morgan fingerprint density at radius 2 is 2.26 bits per heavy atom. The summed E-state index contributed by atoms with van der Waals surface area (Å²) in [5.74, 6) is -0.429. The van der Waals surface area contributed by atoms with E-state index < -0.39 is 5.82 Å². The molecule has 2 aromatic rings. The SMILES string of the molecule is O=C1CCC(n2c(=S)[nH]c3cc(F)c(Cl)cc32)CN1. The first-order chi connectivity index (χ1) is 9.06. The number of benzene rings is 1. The number of halogens is 2. The van der Waals surface area contributed by atoms with E-state index in [0.717, 1.165) is 5.52 Å². The molecule has 1 atom stereocenters. The molecule has 1 unspecified atom stereocenters. The Balaban J connectivity index is 2.12. The number of imidazole rings is 1.